The van der Waals surface area contributed by atoms with Gasteiger partial charge in [-0.3, -0.25) is 19.6 Å². The number of hydrogen-bond acceptors (Lipinski definition) is 6. The summed E-state index contributed by atoms with van der Waals surface area (Å²) < 4.78 is 9.66. The Labute approximate surface area is 171 Å². The van der Waals surface area contributed by atoms with E-state index in [4.69, 9.17) is 4.74 Å². The van der Waals surface area contributed by atoms with Crippen LogP contribution < -0.4 is 4.80 Å². The highest BCUT2D eigenvalue weighted by atomic mass is 32.1. The highest BCUT2D eigenvalue weighted by Gasteiger charge is 2.17. The van der Waals surface area contributed by atoms with Gasteiger partial charge in [0.2, 0.25) is 0 Å². The van der Waals surface area contributed by atoms with Gasteiger partial charge in [0.1, 0.15) is 5.69 Å². The highest BCUT2D eigenvalue weighted by Crippen LogP contribution is 2.23. The van der Waals surface area contributed by atoms with Crippen LogP contribution in [0.25, 0.3) is 10.2 Å². The predicted octanol–water partition coefficient (Wildman–Crippen LogP) is 3.47. The number of aryl methyl sites for hydroxylation is 1. The van der Waals surface area contributed by atoms with Crippen LogP contribution in [0.5, 0.6) is 0 Å². The molecule has 0 radical (unpaired) electrons. The van der Waals surface area contributed by atoms with Crippen molar-refractivity contribution in [1.29, 1.82) is 0 Å². The van der Waals surface area contributed by atoms with Crippen molar-refractivity contribution in [2.45, 2.75) is 40.3 Å². The molecule has 0 aliphatic carbocycles. The van der Waals surface area contributed by atoms with Crippen LogP contribution in [0.1, 0.15) is 43.0 Å². The molecule has 3 rings (SSSR count). The van der Waals surface area contributed by atoms with E-state index in [-0.39, 0.29) is 11.7 Å². The molecule has 29 heavy (non-hydrogen) atoms. The van der Waals surface area contributed by atoms with Crippen LogP contribution in [0.15, 0.2) is 29.3 Å². The van der Waals surface area contributed by atoms with E-state index < -0.39 is 10.8 Å². The summed E-state index contributed by atoms with van der Waals surface area (Å²) in [5.74, 6) is -0.398. The Morgan fingerprint density at radius 3 is 2.79 bits per heavy atom. The van der Waals surface area contributed by atoms with Crippen LogP contribution in [0.3, 0.4) is 0 Å². The number of amides is 1. The normalized spacial score (nSPS) is 12.2. The number of non-ortho nitro benzene ring substituents is 1. The smallest absolute Gasteiger partial charge is 0.297 e. The number of thiazole rings is 1. The van der Waals surface area contributed by atoms with Crippen molar-refractivity contribution >= 4 is 33.1 Å². The summed E-state index contributed by atoms with van der Waals surface area (Å²) in [5, 5.41) is 15.5. The fourth-order valence-electron chi connectivity index (χ4n) is 2.99. The average Bonchev–Trinajstić information content (AvgIpc) is 3.22. The first-order valence-corrected chi connectivity index (χ1v) is 10.1. The first-order valence-electron chi connectivity index (χ1n) is 9.32. The van der Waals surface area contributed by atoms with Crippen molar-refractivity contribution in [1.82, 2.24) is 14.3 Å². The lowest BCUT2D eigenvalue weighted by atomic mass is 10.3. The second-order valence-corrected chi connectivity index (χ2v) is 7.78. The molecule has 0 fully saturated rings. The van der Waals surface area contributed by atoms with Crippen LogP contribution in [0.4, 0.5) is 5.69 Å². The number of nitro groups is 1. The van der Waals surface area contributed by atoms with Crippen molar-refractivity contribution in [3.05, 3.63) is 50.6 Å². The van der Waals surface area contributed by atoms with E-state index in [9.17, 15) is 14.9 Å². The lowest BCUT2D eigenvalue weighted by molar-refractivity contribution is -0.384. The Morgan fingerprint density at radius 1 is 1.38 bits per heavy atom. The molecule has 1 amide bonds. The molecule has 2 aromatic heterocycles. The summed E-state index contributed by atoms with van der Waals surface area (Å²) in [6.45, 7) is 9.14. The molecule has 0 aliphatic heterocycles. The van der Waals surface area contributed by atoms with Gasteiger partial charge in [-0.1, -0.05) is 11.3 Å². The Bertz CT molecular complexity index is 1130. The van der Waals surface area contributed by atoms with E-state index in [2.05, 4.69) is 10.1 Å². The molecule has 0 spiro atoms. The average molecular weight is 417 g/mol. The number of hydrogen-bond donors (Lipinski definition) is 0. The first kappa shape index (κ1) is 20.9. The van der Waals surface area contributed by atoms with Gasteiger partial charge in [0.15, 0.2) is 4.80 Å². The number of ether oxygens (including phenoxy) is 1. The molecule has 1 aromatic carbocycles. The van der Waals surface area contributed by atoms with E-state index in [1.807, 2.05) is 32.3 Å². The van der Waals surface area contributed by atoms with Gasteiger partial charge in [-0.05, 0) is 39.8 Å². The molecule has 0 bridgehead atoms. The third kappa shape index (κ3) is 4.43. The lowest BCUT2D eigenvalue weighted by Gasteiger charge is -2.08. The summed E-state index contributed by atoms with van der Waals surface area (Å²) in [4.78, 5) is 28.4. The maximum Gasteiger partial charge on any atom is 0.297 e. The molecule has 9 nitrogen and oxygen atoms in total. The topological polar surface area (TPSA) is 105 Å². The molecule has 0 unspecified atom stereocenters. The minimum absolute atomic E-state index is 0.00194. The van der Waals surface area contributed by atoms with Crippen LogP contribution in [-0.2, 0) is 11.3 Å². The standard InChI is InChI=1S/C19H23N5O4S/c1-5-28-9-8-22-15-7-6-14(24(26)27)11-17(15)29-19(22)20-18(25)16-10-13(4)21-23(16)12(2)3/h6-7,10-12H,5,8-9H2,1-4H3. The number of carbonyl (C=O) groups is 1. The third-order valence-electron chi connectivity index (χ3n) is 4.30. The highest BCUT2D eigenvalue weighted by molar-refractivity contribution is 7.16. The molecule has 3 aromatic rings. The monoisotopic (exact) mass is 417 g/mol. The number of benzene rings is 1. The summed E-state index contributed by atoms with van der Waals surface area (Å²) in [6.07, 6.45) is 0. The fraction of sp³-hybridized carbons (Fsp3) is 0.421. The molecule has 0 aliphatic rings. The summed E-state index contributed by atoms with van der Waals surface area (Å²) >= 11 is 1.24. The van der Waals surface area contributed by atoms with Crippen molar-refractivity contribution in [2.75, 3.05) is 13.2 Å². The number of carbonyl (C=O) groups excluding carboxylic acids is 1. The number of nitro benzene ring substituents is 1. The van der Waals surface area contributed by atoms with Gasteiger partial charge >= 0.3 is 0 Å². The Balaban J connectivity index is 2.12. The molecule has 0 N–H and O–H groups in total. The van der Waals surface area contributed by atoms with Gasteiger partial charge in [-0.25, -0.2) is 0 Å². The van der Waals surface area contributed by atoms with E-state index in [1.165, 1.54) is 23.5 Å². The van der Waals surface area contributed by atoms with E-state index in [0.717, 1.165) is 11.2 Å². The maximum absolute atomic E-state index is 12.9. The van der Waals surface area contributed by atoms with Crippen LogP contribution in [0, 0.1) is 17.0 Å². The van der Waals surface area contributed by atoms with E-state index in [0.29, 0.717) is 35.0 Å². The van der Waals surface area contributed by atoms with Gasteiger partial charge in [0, 0.05) is 31.3 Å². The Hall–Kier alpha value is -2.85. The number of rotatable bonds is 7. The minimum atomic E-state index is -0.435. The molecule has 2 heterocycles. The third-order valence-corrected chi connectivity index (χ3v) is 5.35. The van der Waals surface area contributed by atoms with Gasteiger partial charge in [-0.15, -0.1) is 0 Å². The summed E-state index contributed by atoms with van der Waals surface area (Å²) in [5.41, 5.74) is 1.94. The summed E-state index contributed by atoms with van der Waals surface area (Å²) in [7, 11) is 0. The van der Waals surface area contributed by atoms with Crippen molar-refractivity contribution in [2.24, 2.45) is 4.99 Å². The number of fused-ring (bicyclic) bond motifs is 1. The van der Waals surface area contributed by atoms with Crippen molar-refractivity contribution < 1.29 is 14.5 Å². The SMILES string of the molecule is CCOCCn1c(=NC(=O)c2cc(C)nn2C(C)C)sc2cc([N+](=O)[O-])ccc21. The number of aromatic nitrogens is 3. The van der Waals surface area contributed by atoms with Crippen molar-refractivity contribution in [3.8, 4) is 0 Å². The molecule has 154 valence electrons. The largest absolute Gasteiger partial charge is 0.380 e. The van der Waals surface area contributed by atoms with E-state index in [1.54, 1.807) is 16.8 Å². The van der Waals surface area contributed by atoms with Gasteiger partial charge in [0.25, 0.3) is 11.6 Å². The van der Waals surface area contributed by atoms with Crippen LogP contribution in [0.2, 0.25) is 0 Å². The number of nitrogens with zero attached hydrogens (tertiary/aromatic N) is 5. The zero-order valence-corrected chi connectivity index (χ0v) is 17.6. The molecular formula is C19H23N5O4S. The van der Waals surface area contributed by atoms with Crippen LogP contribution in [-0.4, -0.2) is 38.4 Å². The zero-order valence-electron chi connectivity index (χ0n) is 16.8. The Morgan fingerprint density at radius 2 is 2.14 bits per heavy atom. The molecular weight excluding hydrogens is 394 g/mol. The maximum atomic E-state index is 12.9. The van der Waals surface area contributed by atoms with E-state index >= 15 is 0 Å². The fourth-order valence-corrected chi connectivity index (χ4v) is 4.08. The predicted molar refractivity (Wildman–Crippen MR) is 110 cm³/mol. The molecule has 10 heteroatoms. The summed E-state index contributed by atoms with van der Waals surface area (Å²) in [6, 6.07) is 6.38. The molecule has 0 saturated heterocycles. The zero-order chi connectivity index (χ0) is 21.1. The second-order valence-electron chi connectivity index (χ2n) is 6.77. The second kappa shape index (κ2) is 8.66. The van der Waals surface area contributed by atoms with Crippen molar-refractivity contribution in [3.63, 3.8) is 0 Å². The van der Waals surface area contributed by atoms with Crippen LogP contribution >= 0.6 is 11.3 Å². The molecule has 0 atom stereocenters. The van der Waals surface area contributed by atoms with Gasteiger partial charge in [0.05, 0.1) is 27.4 Å². The lowest BCUT2D eigenvalue weighted by Crippen LogP contribution is -2.21. The van der Waals surface area contributed by atoms with Gasteiger partial charge in [-0.2, -0.15) is 10.1 Å². The quantitative estimate of drug-likeness (QED) is 0.332. The first-order chi connectivity index (χ1) is 13.8. The Kier molecular flexibility index (Phi) is 6.23. The van der Waals surface area contributed by atoms with Gasteiger partial charge < -0.3 is 9.30 Å². The molecule has 0 saturated carbocycles. The minimum Gasteiger partial charge on any atom is -0.380 e.